The highest BCUT2D eigenvalue weighted by molar-refractivity contribution is 5.77. The van der Waals surface area contributed by atoms with E-state index in [9.17, 15) is 8.78 Å². The third-order valence-corrected chi connectivity index (χ3v) is 4.26. The molecule has 2 aromatic rings. The molecule has 1 aliphatic rings. The summed E-state index contributed by atoms with van der Waals surface area (Å²) in [4.78, 5) is 8.31. The molecule has 0 saturated heterocycles. The Labute approximate surface area is 139 Å². The molecule has 24 heavy (non-hydrogen) atoms. The van der Waals surface area contributed by atoms with E-state index >= 15 is 0 Å². The number of aromatic nitrogens is 2. The molecule has 1 saturated carbocycles. The van der Waals surface area contributed by atoms with Gasteiger partial charge in [0.25, 0.3) is 0 Å². The van der Waals surface area contributed by atoms with Crippen LogP contribution in [0.2, 0.25) is 0 Å². The van der Waals surface area contributed by atoms with Crippen LogP contribution in [0.4, 0.5) is 31.8 Å². The molecule has 5 nitrogen and oxygen atoms in total. The molecule has 0 amide bonds. The predicted octanol–water partition coefficient (Wildman–Crippen LogP) is 4.22. The maximum absolute atomic E-state index is 13.3. The van der Waals surface area contributed by atoms with Crippen molar-refractivity contribution >= 4 is 23.0 Å². The Hall–Kier alpha value is -2.44. The summed E-state index contributed by atoms with van der Waals surface area (Å²) in [6.45, 7) is 0. The van der Waals surface area contributed by atoms with Gasteiger partial charge in [-0.05, 0) is 25.0 Å². The number of nitrogen functional groups attached to an aromatic ring is 1. The average Bonchev–Trinajstić information content (AvgIpc) is 2.83. The summed E-state index contributed by atoms with van der Waals surface area (Å²) >= 11 is 0. The van der Waals surface area contributed by atoms with Gasteiger partial charge in [-0.3, -0.25) is 0 Å². The molecule has 1 aliphatic carbocycles. The second-order valence-electron chi connectivity index (χ2n) is 6.07. The van der Waals surface area contributed by atoms with E-state index in [0.717, 1.165) is 25.0 Å². The van der Waals surface area contributed by atoms with Gasteiger partial charge in [-0.2, -0.15) is 0 Å². The van der Waals surface area contributed by atoms with Gasteiger partial charge in [-0.25, -0.2) is 18.7 Å². The van der Waals surface area contributed by atoms with Crippen LogP contribution in [-0.2, 0) is 0 Å². The fourth-order valence-corrected chi connectivity index (χ4v) is 2.94. The van der Waals surface area contributed by atoms with Crippen LogP contribution in [0, 0.1) is 11.6 Å². The van der Waals surface area contributed by atoms with Crippen molar-refractivity contribution in [2.75, 3.05) is 16.4 Å². The number of nitrogens with zero attached hydrogens (tertiary/aromatic N) is 2. The van der Waals surface area contributed by atoms with Crippen LogP contribution < -0.4 is 16.4 Å². The van der Waals surface area contributed by atoms with Crippen molar-refractivity contribution in [1.82, 2.24) is 9.97 Å². The average molecular weight is 333 g/mol. The van der Waals surface area contributed by atoms with Gasteiger partial charge in [0.05, 0.1) is 0 Å². The minimum atomic E-state index is -0.926. The van der Waals surface area contributed by atoms with E-state index in [1.807, 2.05) is 0 Å². The summed E-state index contributed by atoms with van der Waals surface area (Å²) in [6.07, 6.45) is 8.51. The summed E-state index contributed by atoms with van der Waals surface area (Å²) in [5, 5.41) is 6.29. The van der Waals surface area contributed by atoms with Gasteiger partial charge >= 0.3 is 0 Å². The zero-order valence-corrected chi connectivity index (χ0v) is 13.4. The Balaban J connectivity index is 1.75. The first-order valence-electron chi connectivity index (χ1n) is 8.22. The molecule has 3 rings (SSSR count). The molecule has 0 bridgehead atoms. The molecule has 0 aliphatic heterocycles. The zero-order chi connectivity index (χ0) is 16.9. The lowest BCUT2D eigenvalue weighted by Gasteiger charge is -2.19. The number of benzene rings is 1. The van der Waals surface area contributed by atoms with E-state index in [1.54, 1.807) is 0 Å². The van der Waals surface area contributed by atoms with Crippen molar-refractivity contribution in [2.45, 2.75) is 44.6 Å². The zero-order valence-electron chi connectivity index (χ0n) is 13.4. The van der Waals surface area contributed by atoms with Gasteiger partial charge in [-0.1, -0.05) is 25.7 Å². The van der Waals surface area contributed by atoms with Gasteiger partial charge in [0.1, 0.15) is 12.0 Å². The van der Waals surface area contributed by atoms with Crippen molar-refractivity contribution in [2.24, 2.45) is 0 Å². The Morgan fingerprint density at radius 1 is 0.958 bits per heavy atom. The molecule has 0 radical (unpaired) electrons. The smallest absolute Gasteiger partial charge is 0.160 e. The molecule has 1 aromatic carbocycles. The Morgan fingerprint density at radius 2 is 1.67 bits per heavy atom. The summed E-state index contributed by atoms with van der Waals surface area (Å²) < 4.78 is 26.3. The maximum atomic E-state index is 13.3. The fraction of sp³-hybridized carbons (Fsp3) is 0.412. The first-order valence-corrected chi connectivity index (χ1v) is 8.22. The third kappa shape index (κ3) is 3.90. The number of hydrogen-bond acceptors (Lipinski definition) is 5. The van der Waals surface area contributed by atoms with Gasteiger partial charge in [0.15, 0.2) is 23.3 Å². The van der Waals surface area contributed by atoms with Crippen molar-refractivity contribution in [3.05, 3.63) is 36.2 Å². The SMILES string of the molecule is Nc1c(Nc2ccc(F)c(F)c2)ncnc1NC1CCCCCC1. The fourth-order valence-electron chi connectivity index (χ4n) is 2.94. The highest BCUT2D eigenvalue weighted by atomic mass is 19.2. The van der Waals surface area contributed by atoms with E-state index in [2.05, 4.69) is 20.6 Å². The van der Waals surface area contributed by atoms with Gasteiger partial charge in [0.2, 0.25) is 0 Å². The molecule has 128 valence electrons. The monoisotopic (exact) mass is 333 g/mol. The minimum absolute atomic E-state index is 0.348. The molecule has 0 atom stereocenters. The predicted molar refractivity (Wildman–Crippen MR) is 91.2 cm³/mol. The van der Waals surface area contributed by atoms with E-state index < -0.39 is 11.6 Å². The van der Waals surface area contributed by atoms with Crippen molar-refractivity contribution < 1.29 is 8.78 Å². The molecule has 0 unspecified atom stereocenters. The van der Waals surface area contributed by atoms with Gasteiger partial charge in [0, 0.05) is 17.8 Å². The lowest BCUT2D eigenvalue weighted by molar-refractivity contribution is 0.509. The van der Waals surface area contributed by atoms with Gasteiger partial charge in [-0.15, -0.1) is 0 Å². The second kappa shape index (κ2) is 7.42. The highest BCUT2D eigenvalue weighted by Crippen LogP contribution is 2.28. The van der Waals surface area contributed by atoms with Gasteiger partial charge < -0.3 is 16.4 Å². The maximum Gasteiger partial charge on any atom is 0.160 e. The molecular formula is C17H21F2N5. The summed E-state index contributed by atoms with van der Waals surface area (Å²) in [6, 6.07) is 3.90. The highest BCUT2D eigenvalue weighted by Gasteiger charge is 2.16. The Kier molecular flexibility index (Phi) is 5.08. The summed E-state index contributed by atoms with van der Waals surface area (Å²) in [7, 11) is 0. The number of nitrogens with two attached hydrogens (primary N) is 1. The van der Waals surface area contributed by atoms with Crippen LogP contribution in [0.25, 0.3) is 0 Å². The molecule has 7 heteroatoms. The standard InChI is InChI=1S/C17H21F2N5/c18-13-8-7-12(9-14(13)19)24-17-15(20)16(21-10-22-17)23-11-5-3-1-2-4-6-11/h7-11H,1-6,20H2,(H2,21,22,23,24). The van der Waals surface area contributed by atoms with Crippen molar-refractivity contribution in [1.29, 1.82) is 0 Å². The molecule has 1 aromatic heterocycles. The summed E-state index contributed by atoms with van der Waals surface area (Å²) in [5.41, 5.74) is 6.88. The normalized spacial score (nSPS) is 15.8. The van der Waals surface area contributed by atoms with Crippen LogP contribution in [0.5, 0.6) is 0 Å². The Morgan fingerprint density at radius 3 is 2.38 bits per heavy atom. The number of anilines is 4. The minimum Gasteiger partial charge on any atom is -0.393 e. The van der Waals surface area contributed by atoms with Crippen molar-refractivity contribution in [3.8, 4) is 0 Å². The van der Waals surface area contributed by atoms with Crippen LogP contribution in [0.1, 0.15) is 38.5 Å². The largest absolute Gasteiger partial charge is 0.393 e. The van der Waals surface area contributed by atoms with E-state index in [4.69, 9.17) is 5.73 Å². The first-order chi connectivity index (χ1) is 11.6. The first kappa shape index (κ1) is 16.4. The Bertz CT molecular complexity index is 699. The van der Waals surface area contributed by atoms with E-state index in [1.165, 1.54) is 38.1 Å². The van der Waals surface area contributed by atoms with Crippen LogP contribution in [0.3, 0.4) is 0 Å². The van der Waals surface area contributed by atoms with Crippen molar-refractivity contribution in [3.63, 3.8) is 0 Å². The quantitative estimate of drug-likeness (QED) is 0.731. The molecule has 0 spiro atoms. The lowest BCUT2D eigenvalue weighted by Crippen LogP contribution is -2.20. The number of halogens is 2. The molecule has 1 heterocycles. The molecule has 1 fully saturated rings. The van der Waals surface area contributed by atoms with Crippen LogP contribution in [0.15, 0.2) is 24.5 Å². The number of hydrogen-bond donors (Lipinski definition) is 3. The van der Waals surface area contributed by atoms with E-state index in [0.29, 0.717) is 29.1 Å². The second-order valence-corrected chi connectivity index (χ2v) is 6.07. The van der Waals surface area contributed by atoms with E-state index in [-0.39, 0.29) is 0 Å². The molecule has 4 N–H and O–H groups in total. The lowest BCUT2D eigenvalue weighted by atomic mass is 10.1. The summed E-state index contributed by atoms with van der Waals surface area (Å²) in [5.74, 6) is -0.884. The number of rotatable bonds is 4. The third-order valence-electron chi connectivity index (χ3n) is 4.26. The number of nitrogens with one attached hydrogen (secondary N) is 2. The van der Waals surface area contributed by atoms with Crippen LogP contribution >= 0.6 is 0 Å². The molecular weight excluding hydrogens is 312 g/mol. The van der Waals surface area contributed by atoms with Crippen LogP contribution in [-0.4, -0.2) is 16.0 Å². The topological polar surface area (TPSA) is 75.9 Å².